The Balaban J connectivity index is 1.43. The summed E-state index contributed by atoms with van der Waals surface area (Å²) >= 11 is 1.17. The normalized spacial score (nSPS) is 22.7. The van der Waals surface area contributed by atoms with E-state index in [0.717, 1.165) is 11.8 Å². The van der Waals surface area contributed by atoms with Gasteiger partial charge in [-0.25, -0.2) is 4.98 Å². The fourth-order valence-corrected chi connectivity index (χ4v) is 5.70. The topological polar surface area (TPSA) is 108 Å². The van der Waals surface area contributed by atoms with E-state index in [0.29, 0.717) is 28.1 Å². The molecule has 0 unspecified atom stereocenters. The van der Waals surface area contributed by atoms with Crippen molar-refractivity contribution in [2.75, 3.05) is 12.9 Å². The molecule has 2 aliphatic rings. The number of nitrogens with zero attached hydrogens (tertiary/aromatic N) is 2. The number of carbonyl (C=O) groups excluding carboxylic acids is 1. The van der Waals surface area contributed by atoms with E-state index in [1.165, 1.54) is 37.4 Å². The van der Waals surface area contributed by atoms with Crippen LogP contribution in [0.15, 0.2) is 34.2 Å². The second-order valence-electron chi connectivity index (χ2n) is 8.42. The maximum absolute atomic E-state index is 12.5. The van der Waals surface area contributed by atoms with Crippen molar-refractivity contribution in [1.82, 2.24) is 15.3 Å². The van der Waals surface area contributed by atoms with Gasteiger partial charge in [0.15, 0.2) is 5.16 Å². The molecule has 0 aliphatic heterocycles. The number of rotatable bonds is 7. The number of amides is 1. The molecule has 2 fully saturated rings. The van der Waals surface area contributed by atoms with Crippen LogP contribution in [0.1, 0.15) is 38.2 Å². The number of nitrogens with one attached hydrogen (secondary N) is 2. The summed E-state index contributed by atoms with van der Waals surface area (Å²) in [5.41, 5.74) is 0.372. The second-order valence-corrected chi connectivity index (χ2v) is 9.38. The predicted octanol–water partition coefficient (Wildman–Crippen LogP) is 3.35. The molecule has 2 bridgehead atoms. The lowest BCUT2D eigenvalue weighted by Gasteiger charge is -2.28. The van der Waals surface area contributed by atoms with Crippen molar-refractivity contribution < 1.29 is 9.53 Å². The van der Waals surface area contributed by atoms with E-state index in [4.69, 9.17) is 4.74 Å². The van der Waals surface area contributed by atoms with Gasteiger partial charge < -0.3 is 15.0 Å². The first-order chi connectivity index (χ1) is 15.0. The molecule has 2 aromatic rings. The Morgan fingerprint density at radius 1 is 1.35 bits per heavy atom. The van der Waals surface area contributed by atoms with Crippen LogP contribution in [-0.4, -0.2) is 34.8 Å². The number of aromatic nitrogens is 2. The highest BCUT2D eigenvalue weighted by atomic mass is 32.2. The molecule has 8 heteroatoms. The number of nitriles is 1. The molecule has 0 radical (unpaired) electrons. The minimum Gasteiger partial charge on any atom is -0.497 e. The monoisotopic (exact) mass is 438 g/mol. The van der Waals surface area contributed by atoms with E-state index < -0.39 is 5.56 Å². The average Bonchev–Trinajstić information content (AvgIpc) is 3.41. The van der Waals surface area contributed by atoms with Gasteiger partial charge in [0.05, 0.1) is 18.6 Å². The summed E-state index contributed by atoms with van der Waals surface area (Å²) in [5.74, 6) is 2.91. The number of carbonyl (C=O) groups is 1. The average molecular weight is 439 g/mol. The van der Waals surface area contributed by atoms with Gasteiger partial charge in [0.1, 0.15) is 17.4 Å². The van der Waals surface area contributed by atoms with Crippen LogP contribution in [0.2, 0.25) is 0 Å². The summed E-state index contributed by atoms with van der Waals surface area (Å²) in [7, 11) is 1.57. The van der Waals surface area contributed by atoms with Gasteiger partial charge in [0.25, 0.3) is 5.56 Å². The van der Waals surface area contributed by atoms with Crippen molar-refractivity contribution in [2.24, 2.45) is 17.8 Å². The Bertz CT molecular complexity index is 1060. The van der Waals surface area contributed by atoms with Gasteiger partial charge in [-0.1, -0.05) is 18.2 Å². The molecule has 1 amide bonds. The van der Waals surface area contributed by atoms with E-state index >= 15 is 0 Å². The maximum atomic E-state index is 12.5. The third kappa shape index (κ3) is 4.62. The molecule has 2 N–H and O–H groups in total. The van der Waals surface area contributed by atoms with Gasteiger partial charge in [-0.2, -0.15) is 5.26 Å². The molecule has 1 aromatic carbocycles. The molecular formula is C23H26N4O3S. The van der Waals surface area contributed by atoms with Crippen LogP contribution in [-0.2, 0) is 4.79 Å². The standard InChI is InChI=1S/C23H26N4O3S/c1-13(18-10-14-3-4-16(18)9-14)25-20(28)12-31-23-26-21(19(11-24)22(29)27-23)15-5-7-17(30-2)8-6-15/h5-8,13-14,16,18H,3-4,9-10,12H2,1-2H3,(H,25,28)(H,26,27,29)/t13-,14+,16+,18+/m1/s1. The van der Waals surface area contributed by atoms with Crippen molar-refractivity contribution >= 4 is 17.7 Å². The Morgan fingerprint density at radius 2 is 2.13 bits per heavy atom. The zero-order chi connectivity index (χ0) is 22.0. The summed E-state index contributed by atoms with van der Waals surface area (Å²) in [6.45, 7) is 2.09. The first-order valence-electron chi connectivity index (χ1n) is 10.6. The maximum Gasteiger partial charge on any atom is 0.270 e. The van der Waals surface area contributed by atoms with Gasteiger partial charge >= 0.3 is 0 Å². The highest BCUT2D eigenvalue weighted by molar-refractivity contribution is 7.99. The number of methoxy groups -OCH3 is 1. The van der Waals surface area contributed by atoms with Crippen LogP contribution in [0.5, 0.6) is 5.75 Å². The minimum atomic E-state index is -0.512. The molecule has 4 rings (SSSR count). The van der Waals surface area contributed by atoms with Gasteiger partial charge in [-0.05, 0) is 68.2 Å². The zero-order valence-corrected chi connectivity index (χ0v) is 18.5. The van der Waals surface area contributed by atoms with Crippen molar-refractivity contribution in [3.63, 3.8) is 0 Å². The zero-order valence-electron chi connectivity index (χ0n) is 17.7. The van der Waals surface area contributed by atoms with Crippen molar-refractivity contribution in [1.29, 1.82) is 5.26 Å². The van der Waals surface area contributed by atoms with E-state index in [1.54, 1.807) is 31.4 Å². The summed E-state index contributed by atoms with van der Waals surface area (Å²) in [6, 6.07) is 9.08. The molecule has 4 atom stereocenters. The fraction of sp³-hybridized carbons (Fsp3) is 0.478. The number of aromatic amines is 1. The number of thioether (sulfide) groups is 1. The molecule has 31 heavy (non-hydrogen) atoms. The van der Waals surface area contributed by atoms with Crippen LogP contribution < -0.4 is 15.6 Å². The fourth-order valence-electron chi connectivity index (χ4n) is 5.03. The highest BCUT2D eigenvalue weighted by Gasteiger charge is 2.42. The molecule has 162 valence electrons. The van der Waals surface area contributed by atoms with Gasteiger partial charge in [0.2, 0.25) is 5.91 Å². The predicted molar refractivity (Wildman–Crippen MR) is 119 cm³/mol. The lowest BCUT2D eigenvalue weighted by molar-refractivity contribution is -0.119. The largest absolute Gasteiger partial charge is 0.497 e. The lowest BCUT2D eigenvalue weighted by atomic mass is 9.84. The number of benzene rings is 1. The molecule has 1 heterocycles. The Hall–Kier alpha value is -2.79. The Kier molecular flexibility index (Phi) is 6.33. The van der Waals surface area contributed by atoms with E-state index in [9.17, 15) is 14.9 Å². The Labute approximate surface area is 185 Å². The number of hydrogen-bond acceptors (Lipinski definition) is 6. The van der Waals surface area contributed by atoms with Crippen LogP contribution in [0.3, 0.4) is 0 Å². The highest BCUT2D eigenvalue weighted by Crippen LogP contribution is 2.49. The SMILES string of the molecule is COc1ccc(-c2nc(SCC(=O)N[C@H](C)[C@@H]3C[C@H]4CC[C@H]3C4)[nH]c(=O)c2C#N)cc1. The molecule has 7 nitrogen and oxygen atoms in total. The third-order valence-electron chi connectivity index (χ3n) is 6.54. The first kappa shape index (κ1) is 21.4. The number of fused-ring (bicyclic) bond motifs is 2. The summed E-state index contributed by atoms with van der Waals surface area (Å²) in [5, 5.41) is 12.9. The Morgan fingerprint density at radius 3 is 2.74 bits per heavy atom. The molecule has 2 saturated carbocycles. The van der Waals surface area contributed by atoms with Crippen molar-refractivity contribution in [3.05, 3.63) is 40.2 Å². The molecule has 0 spiro atoms. The van der Waals surface area contributed by atoms with Crippen LogP contribution in [0.4, 0.5) is 0 Å². The van der Waals surface area contributed by atoms with Crippen LogP contribution in [0.25, 0.3) is 11.3 Å². The first-order valence-corrected chi connectivity index (χ1v) is 11.6. The van der Waals surface area contributed by atoms with Crippen LogP contribution >= 0.6 is 11.8 Å². The van der Waals surface area contributed by atoms with Crippen LogP contribution in [0, 0.1) is 29.1 Å². The quantitative estimate of drug-likeness (QED) is 0.507. The number of hydrogen-bond donors (Lipinski definition) is 2. The van der Waals surface area contributed by atoms with E-state index in [1.807, 2.05) is 6.07 Å². The molecular weight excluding hydrogens is 412 g/mol. The number of ether oxygens (including phenoxy) is 1. The van der Waals surface area contributed by atoms with Crippen molar-refractivity contribution in [2.45, 2.75) is 43.8 Å². The summed E-state index contributed by atoms with van der Waals surface area (Å²) in [4.78, 5) is 32.0. The molecule has 0 saturated heterocycles. The molecule has 2 aliphatic carbocycles. The smallest absolute Gasteiger partial charge is 0.270 e. The third-order valence-corrected chi connectivity index (χ3v) is 7.41. The van der Waals surface area contributed by atoms with Crippen molar-refractivity contribution in [3.8, 4) is 23.1 Å². The molecule has 1 aromatic heterocycles. The number of H-pyrrole nitrogens is 1. The summed E-state index contributed by atoms with van der Waals surface area (Å²) < 4.78 is 5.16. The van der Waals surface area contributed by atoms with Gasteiger partial charge in [-0.3, -0.25) is 9.59 Å². The second kappa shape index (κ2) is 9.15. The van der Waals surface area contributed by atoms with E-state index in [2.05, 4.69) is 22.2 Å². The lowest BCUT2D eigenvalue weighted by Crippen LogP contribution is -2.41. The van der Waals surface area contributed by atoms with Gasteiger partial charge in [-0.15, -0.1) is 0 Å². The van der Waals surface area contributed by atoms with E-state index in [-0.39, 0.29) is 23.3 Å². The van der Waals surface area contributed by atoms with Gasteiger partial charge in [0, 0.05) is 11.6 Å². The summed E-state index contributed by atoms with van der Waals surface area (Å²) in [6.07, 6.45) is 5.15. The minimum absolute atomic E-state index is 0.0520.